The first-order valence-corrected chi connectivity index (χ1v) is 18.8. The predicted molar refractivity (Wildman–Crippen MR) is 182 cm³/mol. The van der Waals surface area contributed by atoms with Gasteiger partial charge in [-0.1, -0.05) is 74.2 Å². The molecule has 0 aromatic heterocycles. The molecule has 0 radical (unpaired) electrons. The number of esters is 2. The molecule has 0 saturated heterocycles. The molecule has 6 rings (SSSR count). The second-order valence-corrected chi connectivity index (χ2v) is 18.2. The molecular formula is C36H41BN2O4Si. The molecule has 2 aliphatic rings. The Kier molecular flexibility index (Phi) is 7.39. The van der Waals surface area contributed by atoms with E-state index in [9.17, 15) is 9.59 Å². The Morgan fingerprint density at radius 1 is 0.773 bits per heavy atom. The van der Waals surface area contributed by atoms with Gasteiger partial charge in [-0.2, -0.15) is 0 Å². The van der Waals surface area contributed by atoms with E-state index in [-0.39, 0.29) is 19.8 Å². The summed E-state index contributed by atoms with van der Waals surface area (Å²) >= 11 is 0. The average molecular weight is 605 g/mol. The third-order valence-corrected chi connectivity index (χ3v) is 11.8. The van der Waals surface area contributed by atoms with Crippen molar-refractivity contribution in [2.45, 2.75) is 59.8 Å². The number of hydrogen-bond acceptors (Lipinski definition) is 6. The number of anilines is 2. The van der Waals surface area contributed by atoms with Crippen LogP contribution in [0.4, 0.5) is 11.4 Å². The monoisotopic (exact) mass is 604 g/mol. The van der Waals surface area contributed by atoms with E-state index in [4.69, 9.17) is 9.47 Å². The molecule has 0 amide bonds. The quantitative estimate of drug-likeness (QED) is 0.147. The molecule has 0 fully saturated rings. The normalized spacial score (nSPS) is 15.4. The summed E-state index contributed by atoms with van der Waals surface area (Å²) in [5.41, 5.74) is 9.18. The first kappa shape index (κ1) is 30.0. The van der Waals surface area contributed by atoms with Gasteiger partial charge in [-0.25, -0.2) is 0 Å². The minimum Gasteiger partial charge on any atom is -0.468 e. The topological polar surface area (TPSA) is 59.1 Å². The first-order valence-electron chi connectivity index (χ1n) is 15.3. The Morgan fingerprint density at radius 2 is 1.34 bits per heavy atom. The van der Waals surface area contributed by atoms with Crippen molar-refractivity contribution >= 4 is 54.8 Å². The van der Waals surface area contributed by atoms with Gasteiger partial charge in [0.15, 0.2) is 5.41 Å². The molecule has 226 valence electrons. The zero-order valence-corrected chi connectivity index (χ0v) is 28.1. The van der Waals surface area contributed by atoms with Crippen LogP contribution in [0.15, 0.2) is 66.7 Å². The van der Waals surface area contributed by atoms with E-state index in [0.717, 1.165) is 28.8 Å². The summed E-state index contributed by atoms with van der Waals surface area (Å²) in [6.45, 7) is 14.4. The number of carbonyl (C=O) groups excluding carboxylic acids is 2. The van der Waals surface area contributed by atoms with Crippen molar-refractivity contribution in [2.75, 3.05) is 23.5 Å². The zero-order chi connectivity index (χ0) is 31.6. The maximum atomic E-state index is 13.2. The van der Waals surface area contributed by atoms with Gasteiger partial charge in [0.2, 0.25) is 0 Å². The van der Waals surface area contributed by atoms with Gasteiger partial charge in [0.05, 0.1) is 14.2 Å². The Morgan fingerprint density at radius 3 is 1.91 bits per heavy atom. The second-order valence-electron chi connectivity index (χ2n) is 13.3. The molecule has 0 spiro atoms. The van der Waals surface area contributed by atoms with Gasteiger partial charge >= 0.3 is 18.9 Å². The number of benzene rings is 4. The molecule has 1 aliphatic carbocycles. The zero-order valence-electron chi connectivity index (χ0n) is 27.1. The van der Waals surface area contributed by atoms with E-state index >= 15 is 0 Å². The Labute approximate surface area is 262 Å². The van der Waals surface area contributed by atoms with Crippen molar-refractivity contribution in [3.63, 3.8) is 0 Å². The van der Waals surface area contributed by atoms with Gasteiger partial charge in [0.25, 0.3) is 0 Å². The lowest BCUT2D eigenvalue weighted by Crippen LogP contribution is -2.70. The SMILES string of the molecule is COC(=O)C1(C(=O)OC)Cc2c(C)c(C)c(B3N(Cc4ccccc4)c4cccc5cccc(c45)N3[Si](C)(C)C)c(C)c2C1. The van der Waals surface area contributed by atoms with Crippen molar-refractivity contribution in [2.24, 2.45) is 5.41 Å². The van der Waals surface area contributed by atoms with Gasteiger partial charge in [0.1, 0.15) is 8.24 Å². The molecule has 1 heterocycles. The van der Waals surface area contributed by atoms with E-state index in [1.807, 2.05) is 0 Å². The number of fused-ring (bicyclic) bond motifs is 1. The summed E-state index contributed by atoms with van der Waals surface area (Å²) in [4.78, 5) is 29.1. The van der Waals surface area contributed by atoms with Crippen molar-refractivity contribution in [3.05, 3.63) is 100 Å². The van der Waals surface area contributed by atoms with E-state index in [2.05, 4.69) is 116 Å². The highest BCUT2D eigenvalue weighted by Crippen LogP contribution is 2.46. The molecule has 1 aliphatic heterocycles. The van der Waals surface area contributed by atoms with Crippen LogP contribution in [0.3, 0.4) is 0 Å². The predicted octanol–water partition coefficient (Wildman–Crippen LogP) is 6.25. The van der Waals surface area contributed by atoms with Crippen molar-refractivity contribution in [3.8, 4) is 0 Å². The molecule has 0 unspecified atom stereocenters. The summed E-state index contributed by atoms with van der Waals surface area (Å²) in [6, 6.07) is 24.0. The van der Waals surface area contributed by atoms with Gasteiger partial charge in [-0.15, -0.1) is 0 Å². The maximum Gasteiger partial charge on any atom is 0.403 e. The molecule has 8 heteroatoms. The Bertz CT molecular complexity index is 1780. The summed E-state index contributed by atoms with van der Waals surface area (Å²) < 4.78 is 13.1. The van der Waals surface area contributed by atoms with E-state index in [0.29, 0.717) is 0 Å². The fourth-order valence-corrected chi connectivity index (χ4v) is 9.64. The molecular weight excluding hydrogens is 563 g/mol. The summed E-state index contributed by atoms with van der Waals surface area (Å²) in [7, 11) is 0.668. The standard InChI is InChI=1S/C36H41BN2O4Si/c1-23-24(2)33(25(3)29-21-36(20-28(23)29,34(40)42-4)35(41)43-5)37-38(22-26-14-10-9-11-15-26)30-18-12-16-27-17-13-19-31(32(27)30)39(37)44(6,7)8/h9-19H,20-22H2,1-8H3. The first-order chi connectivity index (χ1) is 20.9. The largest absolute Gasteiger partial charge is 0.468 e. The van der Waals surface area contributed by atoms with Crippen molar-refractivity contribution in [1.29, 1.82) is 0 Å². The molecule has 6 nitrogen and oxygen atoms in total. The summed E-state index contributed by atoms with van der Waals surface area (Å²) in [5.74, 6) is -1.07. The van der Waals surface area contributed by atoms with Crippen LogP contribution in [0.1, 0.15) is 33.4 Å². The minimum atomic E-state index is -2.03. The molecule has 0 bridgehead atoms. The molecule has 0 saturated carbocycles. The number of rotatable bonds is 6. The molecule has 4 aromatic rings. The van der Waals surface area contributed by atoms with Crippen LogP contribution in [0.5, 0.6) is 0 Å². The summed E-state index contributed by atoms with van der Waals surface area (Å²) in [5, 5.41) is 2.52. The molecule has 0 N–H and O–H groups in total. The lowest BCUT2D eigenvalue weighted by molar-refractivity contribution is -0.168. The highest BCUT2D eigenvalue weighted by atomic mass is 28.3. The Hall–Kier alpha value is -4.04. The lowest BCUT2D eigenvalue weighted by Gasteiger charge is -2.51. The number of methoxy groups -OCH3 is 2. The van der Waals surface area contributed by atoms with Gasteiger partial charge < -0.3 is 18.8 Å². The fourth-order valence-electron chi connectivity index (χ4n) is 7.73. The molecule has 44 heavy (non-hydrogen) atoms. The van der Waals surface area contributed by atoms with E-state index < -0.39 is 25.6 Å². The van der Waals surface area contributed by atoms with Crippen molar-refractivity contribution in [1.82, 2.24) is 0 Å². The van der Waals surface area contributed by atoms with Crippen LogP contribution in [0.25, 0.3) is 10.8 Å². The van der Waals surface area contributed by atoms with E-state index in [1.165, 1.54) is 53.0 Å². The smallest absolute Gasteiger partial charge is 0.403 e. The number of carbonyl (C=O) groups is 2. The fraction of sp³-hybridized carbons (Fsp3) is 0.333. The van der Waals surface area contributed by atoms with Crippen LogP contribution in [-0.2, 0) is 38.4 Å². The van der Waals surface area contributed by atoms with Gasteiger partial charge in [-0.3, -0.25) is 9.59 Å². The lowest BCUT2D eigenvalue weighted by atomic mass is 9.58. The third kappa shape index (κ3) is 4.45. The number of ether oxygens (including phenoxy) is 2. The van der Waals surface area contributed by atoms with Crippen LogP contribution in [0, 0.1) is 26.2 Å². The maximum absolute atomic E-state index is 13.2. The van der Waals surface area contributed by atoms with Crippen molar-refractivity contribution < 1.29 is 19.1 Å². The van der Waals surface area contributed by atoms with Crippen LogP contribution >= 0.6 is 0 Å². The van der Waals surface area contributed by atoms with E-state index in [1.54, 1.807) is 0 Å². The third-order valence-electron chi connectivity index (χ3n) is 9.90. The molecule has 0 atom stereocenters. The second kappa shape index (κ2) is 10.8. The van der Waals surface area contributed by atoms with Gasteiger partial charge in [0, 0.05) is 36.1 Å². The minimum absolute atomic E-state index is 0.0855. The molecule has 4 aromatic carbocycles. The average Bonchev–Trinajstić information content (AvgIpc) is 3.43. The number of hydrogen-bond donors (Lipinski definition) is 0. The number of nitrogens with zero attached hydrogens (tertiary/aromatic N) is 2. The highest BCUT2D eigenvalue weighted by molar-refractivity contribution is 6.99. The highest BCUT2D eigenvalue weighted by Gasteiger charge is 2.55. The Balaban J connectivity index is 1.64. The van der Waals surface area contributed by atoms with Crippen LogP contribution in [-0.4, -0.2) is 41.4 Å². The van der Waals surface area contributed by atoms with Crippen LogP contribution in [0.2, 0.25) is 19.6 Å². The van der Waals surface area contributed by atoms with Gasteiger partial charge in [-0.05, 0) is 77.1 Å². The van der Waals surface area contributed by atoms with Crippen LogP contribution < -0.4 is 14.8 Å². The summed E-state index contributed by atoms with van der Waals surface area (Å²) in [6.07, 6.45) is 0.555.